The molecule has 0 amide bonds. The van der Waals surface area contributed by atoms with Crippen molar-refractivity contribution in [1.82, 2.24) is 0 Å². The maximum absolute atomic E-state index is 9.69. The molecule has 0 heterocycles. The molecule has 2 N–H and O–H groups in total. The average Bonchev–Trinajstić information content (AvgIpc) is 2.03. The van der Waals surface area contributed by atoms with E-state index in [0.29, 0.717) is 5.92 Å². The van der Waals surface area contributed by atoms with Gasteiger partial charge in [0.05, 0.1) is 12.4 Å². The molecule has 0 radical (unpaired) electrons. The molecule has 0 aliphatic heterocycles. The molecule has 12 heavy (non-hydrogen) atoms. The van der Waals surface area contributed by atoms with Gasteiger partial charge in [-0.2, -0.15) is 0 Å². The molecule has 0 aromatic rings. The van der Waals surface area contributed by atoms with Crippen LogP contribution in [0.5, 0.6) is 0 Å². The van der Waals surface area contributed by atoms with Crippen LogP contribution in [0.15, 0.2) is 11.8 Å². The number of rotatable bonds is 1. The standard InChI is InChI=1S/C10H18O2/c1-7-3-4-9(8(2)6-11)10(12)5-7/h6-7,9-12H,3-5H2,1-2H3. The molecular formula is C10H18O2. The van der Waals surface area contributed by atoms with Gasteiger partial charge in [-0.3, -0.25) is 0 Å². The highest BCUT2D eigenvalue weighted by Crippen LogP contribution is 2.32. The minimum Gasteiger partial charge on any atom is -0.516 e. The number of aliphatic hydroxyl groups is 2. The highest BCUT2D eigenvalue weighted by Gasteiger charge is 2.27. The zero-order chi connectivity index (χ0) is 9.14. The first-order valence-electron chi connectivity index (χ1n) is 4.64. The van der Waals surface area contributed by atoms with E-state index in [1.165, 1.54) is 0 Å². The summed E-state index contributed by atoms with van der Waals surface area (Å²) in [6.07, 6.45) is 3.91. The second-order valence-electron chi connectivity index (χ2n) is 3.97. The van der Waals surface area contributed by atoms with Crippen LogP contribution in [0.3, 0.4) is 0 Å². The first kappa shape index (κ1) is 9.59. The van der Waals surface area contributed by atoms with E-state index in [-0.39, 0.29) is 12.0 Å². The molecule has 0 bridgehead atoms. The van der Waals surface area contributed by atoms with Crippen LogP contribution in [0.2, 0.25) is 0 Å². The number of hydrogen-bond acceptors (Lipinski definition) is 2. The first-order chi connectivity index (χ1) is 5.65. The predicted molar refractivity (Wildman–Crippen MR) is 48.9 cm³/mol. The summed E-state index contributed by atoms with van der Waals surface area (Å²) in [4.78, 5) is 0. The van der Waals surface area contributed by atoms with Gasteiger partial charge < -0.3 is 10.2 Å². The summed E-state index contributed by atoms with van der Waals surface area (Å²) in [5, 5.41) is 18.5. The van der Waals surface area contributed by atoms with E-state index in [0.717, 1.165) is 31.1 Å². The van der Waals surface area contributed by atoms with E-state index in [1.807, 2.05) is 6.92 Å². The van der Waals surface area contributed by atoms with Gasteiger partial charge in [0.15, 0.2) is 0 Å². The lowest BCUT2D eigenvalue weighted by atomic mass is 9.78. The molecule has 1 saturated carbocycles. The largest absolute Gasteiger partial charge is 0.516 e. The molecular weight excluding hydrogens is 152 g/mol. The summed E-state index contributed by atoms with van der Waals surface area (Å²) in [6.45, 7) is 4.04. The molecule has 1 fully saturated rings. The van der Waals surface area contributed by atoms with E-state index in [2.05, 4.69) is 6.92 Å². The topological polar surface area (TPSA) is 40.5 Å². The molecule has 2 heteroatoms. The van der Waals surface area contributed by atoms with Gasteiger partial charge in [-0.25, -0.2) is 0 Å². The van der Waals surface area contributed by atoms with Crippen molar-refractivity contribution in [2.75, 3.05) is 0 Å². The second kappa shape index (κ2) is 3.94. The van der Waals surface area contributed by atoms with Crippen LogP contribution in [-0.4, -0.2) is 16.3 Å². The summed E-state index contributed by atoms with van der Waals surface area (Å²) in [7, 11) is 0. The second-order valence-corrected chi connectivity index (χ2v) is 3.97. The zero-order valence-electron chi connectivity index (χ0n) is 7.83. The maximum Gasteiger partial charge on any atom is 0.0784 e. The Morgan fingerprint density at radius 2 is 2.08 bits per heavy atom. The lowest BCUT2D eigenvalue weighted by Crippen LogP contribution is -2.29. The Balaban J connectivity index is 2.56. The maximum atomic E-state index is 9.69. The molecule has 1 aliphatic rings. The Kier molecular flexibility index (Phi) is 3.15. The normalized spacial score (nSPS) is 38.2. The van der Waals surface area contributed by atoms with Crippen LogP contribution in [-0.2, 0) is 0 Å². The van der Waals surface area contributed by atoms with Crippen LogP contribution < -0.4 is 0 Å². The van der Waals surface area contributed by atoms with Crippen LogP contribution in [0.4, 0.5) is 0 Å². The van der Waals surface area contributed by atoms with E-state index in [1.54, 1.807) is 0 Å². The summed E-state index contributed by atoms with van der Waals surface area (Å²) in [5.74, 6) is 0.814. The Hall–Kier alpha value is -0.500. The molecule has 1 rings (SSSR count). The first-order valence-corrected chi connectivity index (χ1v) is 4.64. The monoisotopic (exact) mass is 170 g/mol. The summed E-state index contributed by atoms with van der Waals surface area (Å²) in [6, 6.07) is 0. The van der Waals surface area contributed by atoms with Gasteiger partial charge in [-0.15, -0.1) is 0 Å². The van der Waals surface area contributed by atoms with Gasteiger partial charge in [0.2, 0.25) is 0 Å². The van der Waals surface area contributed by atoms with Crippen LogP contribution in [0.1, 0.15) is 33.1 Å². The average molecular weight is 170 g/mol. The Morgan fingerprint density at radius 3 is 2.58 bits per heavy atom. The number of aliphatic hydroxyl groups excluding tert-OH is 2. The van der Waals surface area contributed by atoms with E-state index in [4.69, 9.17) is 5.11 Å². The fourth-order valence-corrected chi connectivity index (χ4v) is 1.98. The third-order valence-corrected chi connectivity index (χ3v) is 2.87. The lowest BCUT2D eigenvalue weighted by Gasteiger charge is -2.31. The molecule has 1 aliphatic carbocycles. The summed E-state index contributed by atoms with van der Waals surface area (Å²) in [5.41, 5.74) is 0.911. The Bertz CT molecular complexity index is 175. The number of hydrogen-bond donors (Lipinski definition) is 2. The molecule has 0 aromatic heterocycles. The van der Waals surface area contributed by atoms with Crippen LogP contribution in [0.25, 0.3) is 0 Å². The molecule has 3 unspecified atom stereocenters. The van der Waals surface area contributed by atoms with Crippen molar-refractivity contribution < 1.29 is 10.2 Å². The quantitative estimate of drug-likeness (QED) is 0.592. The fraction of sp³-hybridized carbons (Fsp3) is 0.800. The molecule has 0 saturated heterocycles. The van der Waals surface area contributed by atoms with Crippen molar-refractivity contribution in [3.8, 4) is 0 Å². The van der Waals surface area contributed by atoms with Crippen molar-refractivity contribution in [1.29, 1.82) is 0 Å². The fourth-order valence-electron chi connectivity index (χ4n) is 1.98. The van der Waals surface area contributed by atoms with Gasteiger partial charge in [-0.1, -0.05) is 6.92 Å². The molecule has 2 nitrogen and oxygen atoms in total. The van der Waals surface area contributed by atoms with Crippen LogP contribution in [0, 0.1) is 11.8 Å². The van der Waals surface area contributed by atoms with Gasteiger partial charge in [0, 0.05) is 5.92 Å². The Morgan fingerprint density at radius 1 is 1.42 bits per heavy atom. The van der Waals surface area contributed by atoms with Gasteiger partial charge in [-0.05, 0) is 37.7 Å². The van der Waals surface area contributed by atoms with E-state index >= 15 is 0 Å². The highest BCUT2D eigenvalue weighted by molar-refractivity contribution is 5.03. The minimum absolute atomic E-state index is 0.186. The van der Waals surface area contributed by atoms with Crippen LogP contribution >= 0.6 is 0 Å². The van der Waals surface area contributed by atoms with Gasteiger partial charge in [0.25, 0.3) is 0 Å². The molecule has 0 spiro atoms. The molecule has 70 valence electrons. The minimum atomic E-state index is -0.253. The summed E-state index contributed by atoms with van der Waals surface area (Å²) < 4.78 is 0. The van der Waals surface area contributed by atoms with Gasteiger partial charge >= 0.3 is 0 Å². The predicted octanol–water partition coefficient (Wildman–Crippen LogP) is 2.25. The highest BCUT2D eigenvalue weighted by atomic mass is 16.3. The molecule has 0 aromatic carbocycles. The smallest absolute Gasteiger partial charge is 0.0784 e. The van der Waals surface area contributed by atoms with Crippen molar-refractivity contribution >= 4 is 0 Å². The third kappa shape index (κ3) is 2.01. The van der Waals surface area contributed by atoms with Crippen molar-refractivity contribution in [2.45, 2.75) is 39.2 Å². The van der Waals surface area contributed by atoms with E-state index in [9.17, 15) is 5.11 Å². The SMILES string of the molecule is CC(=CO)C1CCC(C)CC1O. The van der Waals surface area contributed by atoms with Gasteiger partial charge in [0.1, 0.15) is 0 Å². The third-order valence-electron chi connectivity index (χ3n) is 2.87. The zero-order valence-corrected chi connectivity index (χ0v) is 7.83. The van der Waals surface area contributed by atoms with Crippen molar-refractivity contribution in [2.24, 2.45) is 11.8 Å². The van der Waals surface area contributed by atoms with Crippen molar-refractivity contribution in [3.05, 3.63) is 11.8 Å². The summed E-state index contributed by atoms with van der Waals surface area (Å²) >= 11 is 0. The van der Waals surface area contributed by atoms with Crippen molar-refractivity contribution in [3.63, 3.8) is 0 Å². The van der Waals surface area contributed by atoms with E-state index < -0.39 is 0 Å². The Labute approximate surface area is 73.9 Å². The lowest BCUT2D eigenvalue weighted by molar-refractivity contribution is 0.0643. The molecule has 3 atom stereocenters.